The second-order valence-corrected chi connectivity index (χ2v) is 10.1. The van der Waals surface area contributed by atoms with Gasteiger partial charge in [0.25, 0.3) is 0 Å². The summed E-state index contributed by atoms with van der Waals surface area (Å²) < 4.78 is 5.46. The molecule has 5 aliphatic carbocycles. The molecule has 3 unspecified atom stereocenters. The van der Waals surface area contributed by atoms with Crippen molar-refractivity contribution in [2.45, 2.75) is 64.4 Å². The van der Waals surface area contributed by atoms with Gasteiger partial charge in [0.1, 0.15) is 6.54 Å². The second kappa shape index (κ2) is 6.78. The first-order valence-corrected chi connectivity index (χ1v) is 11.1. The first-order chi connectivity index (χ1) is 13.9. The molecule has 6 aliphatic rings. The minimum atomic E-state index is -0.824. The van der Waals surface area contributed by atoms with Crippen LogP contribution in [-0.2, 0) is 23.9 Å². The molecule has 6 rings (SSSR count). The number of amides is 2. The van der Waals surface area contributed by atoms with Crippen LogP contribution in [0.5, 0.6) is 0 Å². The summed E-state index contributed by atoms with van der Waals surface area (Å²) in [5.41, 5.74) is -0.325. The number of hydrogen-bond acceptors (Lipinski definition) is 5. The van der Waals surface area contributed by atoms with E-state index in [1.54, 1.807) is 6.92 Å². The normalized spacial score (nSPS) is 40.9. The molecule has 0 aromatic heterocycles. The van der Waals surface area contributed by atoms with Crippen LogP contribution in [0.15, 0.2) is 12.2 Å². The summed E-state index contributed by atoms with van der Waals surface area (Å²) in [6.07, 6.45) is 10.6. The highest BCUT2D eigenvalue weighted by atomic mass is 16.5. The summed E-state index contributed by atoms with van der Waals surface area (Å²) >= 11 is 0. The highest BCUT2D eigenvalue weighted by molar-refractivity contribution is 6.07. The number of esters is 1. The van der Waals surface area contributed by atoms with E-state index in [1.165, 1.54) is 19.3 Å². The number of hydrogen-bond donors (Lipinski definition) is 0. The Morgan fingerprint density at radius 2 is 1.48 bits per heavy atom. The number of ether oxygens (including phenoxy) is 1. The van der Waals surface area contributed by atoms with Gasteiger partial charge in [-0.15, -0.1) is 0 Å². The topological polar surface area (TPSA) is 80.8 Å². The lowest BCUT2D eigenvalue weighted by atomic mass is 9.48. The van der Waals surface area contributed by atoms with Gasteiger partial charge in [0.2, 0.25) is 11.8 Å². The van der Waals surface area contributed by atoms with Crippen LogP contribution in [0.2, 0.25) is 0 Å². The van der Waals surface area contributed by atoms with Crippen LogP contribution in [0.3, 0.4) is 0 Å². The van der Waals surface area contributed by atoms with Crippen molar-refractivity contribution in [1.82, 2.24) is 4.90 Å². The molecule has 0 spiro atoms. The van der Waals surface area contributed by atoms with E-state index in [-0.39, 0.29) is 41.4 Å². The zero-order valence-corrected chi connectivity index (χ0v) is 17.0. The van der Waals surface area contributed by atoms with Crippen LogP contribution in [0.4, 0.5) is 0 Å². The molecule has 156 valence electrons. The lowest BCUT2D eigenvalue weighted by Crippen LogP contribution is -2.53. The average Bonchev–Trinajstić information content (AvgIpc) is 2.91. The van der Waals surface area contributed by atoms with Gasteiger partial charge in [-0.05, 0) is 76.0 Å². The summed E-state index contributed by atoms with van der Waals surface area (Å²) in [4.78, 5) is 51.9. The van der Waals surface area contributed by atoms with Crippen molar-refractivity contribution in [3.63, 3.8) is 0 Å². The maximum Gasteiger partial charge on any atom is 0.326 e. The van der Waals surface area contributed by atoms with E-state index in [0.29, 0.717) is 30.6 Å². The first-order valence-electron chi connectivity index (χ1n) is 11.1. The summed E-state index contributed by atoms with van der Waals surface area (Å²) in [5.74, 6) is 0.0194. The molecule has 1 saturated heterocycles. The van der Waals surface area contributed by atoms with E-state index >= 15 is 0 Å². The molecule has 2 amide bonds. The standard InChI is InChI=1S/C23H29NO5/c1-13(20(26)23-9-14-6-15(10-23)8-16(7-14)11-23)29-19(25)12-24-21(27)17-4-2-3-5-18(17)22(24)28/h2-3,13-18H,4-12H2,1H3. The number of ketones is 1. The highest BCUT2D eigenvalue weighted by Crippen LogP contribution is 2.60. The van der Waals surface area contributed by atoms with Crippen molar-refractivity contribution in [2.24, 2.45) is 35.0 Å². The predicted molar refractivity (Wildman–Crippen MR) is 103 cm³/mol. The van der Waals surface area contributed by atoms with Crippen molar-refractivity contribution in [3.05, 3.63) is 12.2 Å². The molecule has 1 heterocycles. The Labute approximate surface area is 171 Å². The summed E-state index contributed by atoms with van der Waals surface area (Å²) in [6.45, 7) is 1.26. The lowest BCUT2D eigenvalue weighted by molar-refractivity contribution is -0.167. The molecule has 29 heavy (non-hydrogen) atoms. The van der Waals surface area contributed by atoms with Gasteiger partial charge >= 0.3 is 5.97 Å². The number of Topliss-reactive ketones (excluding diaryl/α,β-unsaturated/α-hetero) is 1. The van der Waals surface area contributed by atoms with E-state index in [1.807, 2.05) is 12.2 Å². The van der Waals surface area contributed by atoms with Gasteiger partial charge in [-0.1, -0.05) is 12.2 Å². The minimum absolute atomic E-state index is 0.0434. The SMILES string of the molecule is CC(OC(=O)CN1C(=O)C2CC=CCC2C1=O)C(=O)C12CC3CC(CC(C3)C1)C2. The van der Waals surface area contributed by atoms with Crippen molar-refractivity contribution >= 4 is 23.6 Å². The fourth-order valence-electron chi connectivity index (χ4n) is 7.29. The third-order valence-corrected chi connectivity index (χ3v) is 8.12. The number of likely N-dealkylation sites (tertiary alicyclic amines) is 1. The largest absolute Gasteiger partial charge is 0.453 e. The van der Waals surface area contributed by atoms with Gasteiger partial charge in [0, 0.05) is 5.41 Å². The number of fused-ring (bicyclic) bond motifs is 1. The van der Waals surface area contributed by atoms with Crippen LogP contribution >= 0.6 is 0 Å². The molecule has 0 aromatic rings. The average molecular weight is 399 g/mol. The maximum absolute atomic E-state index is 13.3. The van der Waals surface area contributed by atoms with Gasteiger partial charge < -0.3 is 4.74 Å². The number of imide groups is 1. The Bertz CT molecular complexity index is 738. The van der Waals surface area contributed by atoms with Crippen molar-refractivity contribution in [3.8, 4) is 0 Å². The van der Waals surface area contributed by atoms with Crippen LogP contribution in [0, 0.1) is 35.0 Å². The Balaban J connectivity index is 1.22. The van der Waals surface area contributed by atoms with E-state index in [2.05, 4.69) is 0 Å². The third kappa shape index (κ3) is 3.06. The monoisotopic (exact) mass is 399 g/mol. The number of carbonyl (C=O) groups excluding carboxylic acids is 4. The molecule has 6 nitrogen and oxygen atoms in total. The summed E-state index contributed by atoms with van der Waals surface area (Å²) in [7, 11) is 0. The number of rotatable bonds is 5. The molecule has 0 aromatic carbocycles. The molecule has 0 N–H and O–H groups in total. The molecule has 0 radical (unpaired) electrons. The Morgan fingerprint density at radius 3 is 1.97 bits per heavy atom. The van der Waals surface area contributed by atoms with Gasteiger partial charge in [0.05, 0.1) is 11.8 Å². The van der Waals surface area contributed by atoms with Gasteiger partial charge in [-0.2, -0.15) is 0 Å². The molecule has 3 atom stereocenters. The van der Waals surface area contributed by atoms with E-state index in [4.69, 9.17) is 4.74 Å². The fourth-order valence-corrected chi connectivity index (χ4v) is 7.29. The Hall–Kier alpha value is -1.98. The number of carbonyl (C=O) groups is 4. The molecule has 4 bridgehead atoms. The third-order valence-electron chi connectivity index (χ3n) is 8.12. The first kappa shape index (κ1) is 19.0. The smallest absolute Gasteiger partial charge is 0.326 e. The fraction of sp³-hybridized carbons (Fsp3) is 0.739. The lowest BCUT2D eigenvalue weighted by Gasteiger charge is -2.56. The zero-order chi connectivity index (χ0) is 20.3. The van der Waals surface area contributed by atoms with Crippen LogP contribution in [0.25, 0.3) is 0 Å². The zero-order valence-electron chi connectivity index (χ0n) is 17.0. The van der Waals surface area contributed by atoms with Crippen molar-refractivity contribution in [2.75, 3.05) is 6.54 Å². The van der Waals surface area contributed by atoms with Crippen LogP contribution in [0.1, 0.15) is 58.3 Å². The molecular weight excluding hydrogens is 370 g/mol. The Morgan fingerprint density at radius 1 is 1.00 bits per heavy atom. The molecule has 5 fully saturated rings. The van der Waals surface area contributed by atoms with E-state index in [0.717, 1.165) is 24.2 Å². The molecule has 1 aliphatic heterocycles. The Kier molecular flexibility index (Phi) is 4.44. The van der Waals surface area contributed by atoms with Gasteiger partial charge in [-0.3, -0.25) is 24.1 Å². The van der Waals surface area contributed by atoms with Crippen LogP contribution < -0.4 is 0 Å². The number of allylic oxidation sites excluding steroid dienone is 2. The number of nitrogens with zero attached hydrogens (tertiary/aromatic N) is 1. The van der Waals surface area contributed by atoms with Gasteiger partial charge in [-0.25, -0.2) is 0 Å². The highest BCUT2D eigenvalue weighted by Gasteiger charge is 2.55. The van der Waals surface area contributed by atoms with Crippen molar-refractivity contribution < 1.29 is 23.9 Å². The van der Waals surface area contributed by atoms with E-state index < -0.39 is 12.1 Å². The summed E-state index contributed by atoms with van der Waals surface area (Å²) in [5, 5.41) is 0. The van der Waals surface area contributed by atoms with Gasteiger partial charge in [0.15, 0.2) is 11.9 Å². The van der Waals surface area contributed by atoms with E-state index in [9.17, 15) is 19.2 Å². The summed E-state index contributed by atoms with van der Waals surface area (Å²) in [6, 6.07) is 0. The second-order valence-electron chi connectivity index (χ2n) is 10.1. The van der Waals surface area contributed by atoms with Crippen LogP contribution in [-0.4, -0.2) is 41.1 Å². The van der Waals surface area contributed by atoms with Crippen molar-refractivity contribution in [1.29, 1.82) is 0 Å². The quantitative estimate of drug-likeness (QED) is 0.403. The minimum Gasteiger partial charge on any atom is -0.453 e. The molecule has 6 heteroatoms. The maximum atomic E-state index is 13.3. The predicted octanol–water partition coefficient (Wildman–Crippen LogP) is 2.65. The molecular formula is C23H29NO5. The molecule has 4 saturated carbocycles.